The zero-order chi connectivity index (χ0) is 19.6. The van der Waals surface area contributed by atoms with Crippen molar-refractivity contribution in [2.45, 2.75) is 5.75 Å². The van der Waals surface area contributed by atoms with E-state index in [4.69, 9.17) is 20.9 Å². The van der Waals surface area contributed by atoms with Crippen LogP contribution in [0.25, 0.3) is 0 Å². The second-order valence-corrected chi connectivity index (χ2v) is 7.40. The van der Waals surface area contributed by atoms with E-state index < -0.39 is 5.91 Å². The van der Waals surface area contributed by atoms with E-state index in [9.17, 15) is 4.79 Å². The van der Waals surface area contributed by atoms with Crippen LogP contribution in [0.4, 0.5) is 0 Å². The SMILES string of the molecule is COc1cc(C=NN=C(N)SCc2ccccc2)cc(I)c1OCC(N)=O. The van der Waals surface area contributed by atoms with Gasteiger partial charge >= 0.3 is 0 Å². The molecule has 0 bridgehead atoms. The highest BCUT2D eigenvalue weighted by molar-refractivity contribution is 14.1. The molecule has 0 spiro atoms. The van der Waals surface area contributed by atoms with E-state index in [2.05, 4.69) is 32.8 Å². The van der Waals surface area contributed by atoms with E-state index in [-0.39, 0.29) is 6.61 Å². The van der Waals surface area contributed by atoms with Gasteiger partial charge in [-0.1, -0.05) is 42.1 Å². The molecule has 0 atom stereocenters. The van der Waals surface area contributed by atoms with Crippen LogP contribution in [0.2, 0.25) is 0 Å². The topological polar surface area (TPSA) is 112 Å². The minimum Gasteiger partial charge on any atom is -0.493 e. The lowest BCUT2D eigenvalue weighted by Crippen LogP contribution is -2.20. The molecule has 0 fully saturated rings. The van der Waals surface area contributed by atoms with Gasteiger partial charge in [0.05, 0.1) is 16.9 Å². The fourth-order valence-electron chi connectivity index (χ4n) is 2.01. The van der Waals surface area contributed by atoms with Crippen LogP contribution in [-0.2, 0) is 10.5 Å². The van der Waals surface area contributed by atoms with Crippen LogP contribution in [0.15, 0.2) is 52.7 Å². The first-order valence-corrected chi connectivity index (χ1v) is 9.88. The first-order valence-electron chi connectivity index (χ1n) is 7.81. The van der Waals surface area contributed by atoms with Crippen LogP contribution in [0.5, 0.6) is 11.5 Å². The number of benzene rings is 2. The molecule has 0 unspecified atom stereocenters. The number of amidine groups is 1. The van der Waals surface area contributed by atoms with Gasteiger partial charge in [-0.2, -0.15) is 5.10 Å². The Morgan fingerprint density at radius 3 is 2.67 bits per heavy atom. The fraction of sp³-hybridized carbons (Fsp3) is 0.167. The molecule has 0 aromatic heterocycles. The van der Waals surface area contributed by atoms with Crippen molar-refractivity contribution in [3.8, 4) is 11.5 Å². The van der Waals surface area contributed by atoms with Gasteiger partial charge in [-0.05, 0) is 45.9 Å². The van der Waals surface area contributed by atoms with Gasteiger partial charge in [0.15, 0.2) is 23.3 Å². The third-order valence-corrected chi connectivity index (χ3v) is 4.86. The second-order valence-electron chi connectivity index (χ2n) is 5.25. The summed E-state index contributed by atoms with van der Waals surface area (Å²) >= 11 is 3.49. The Kier molecular flexibility index (Phi) is 8.40. The third-order valence-electron chi connectivity index (χ3n) is 3.20. The van der Waals surface area contributed by atoms with Crippen LogP contribution >= 0.6 is 34.4 Å². The summed E-state index contributed by atoms with van der Waals surface area (Å²) in [5.74, 6) is 1.09. The largest absolute Gasteiger partial charge is 0.493 e. The van der Waals surface area contributed by atoms with E-state index in [1.807, 2.05) is 36.4 Å². The Labute approximate surface area is 175 Å². The van der Waals surface area contributed by atoms with Gasteiger partial charge in [-0.3, -0.25) is 4.79 Å². The lowest BCUT2D eigenvalue weighted by atomic mass is 10.2. The number of carbonyl (C=O) groups excluding carboxylic acids is 1. The minimum absolute atomic E-state index is 0.223. The maximum absolute atomic E-state index is 10.9. The lowest BCUT2D eigenvalue weighted by Gasteiger charge is -2.12. The molecule has 2 rings (SSSR count). The van der Waals surface area contributed by atoms with Crippen molar-refractivity contribution in [3.05, 3.63) is 57.2 Å². The quantitative estimate of drug-likeness (QED) is 0.252. The molecular formula is C18H19IN4O3S. The number of hydrogen-bond donors (Lipinski definition) is 2. The van der Waals surface area contributed by atoms with E-state index in [1.54, 1.807) is 12.3 Å². The van der Waals surface area contributed by atoms with Crippen LogP contribution in [0.1, 0.15) is 11.1 Å². The van der Waals surface area contributed by atoms with Crippen LogP contribution in [0, 0.1) is 3.57 Å². The summed E-state index contributed by atoms with van der Waals surface area (Å²) < 4.78 is 11.5. The van der Waals surface area contributed by atoms with Crippen molar-refractivity contribution in [2.24, 2.45) is 21.7 Å². The number of amides is 1. The first kappa shape index (κ1) is 21.0. The average molecular weight is 498 g/mol. The van der Waals surface area contributed by atoms with Gasteiger partial charge < -0.3 is 20.9 Å². The van der Waals surface area contributed by atoms with Crippen molar-refractivity contribution in [1.29, 1.82) is 0 Å². The fourth-order valence-corrected chi connectivity index (χ4v) is 3.40. The second kappa shape index (κ2) is 10.8. The molecule has 2 aromatic rings. The predicted octanol–water partition coefficient (Wildman–Crippen LogP) is 2.75. The molecule has 0 aliphatic carbocycles. The molecule has 0 aliphatic heterocycles. The van der Waals surface area contributed by atoms with Crippen molar-refractivity contribution >= 4 is 51.6 Å². The molecule has 0 heterocycles. The number of thioether (sulfide) groups is 1. The Morgan fingerprint density at radius 2 is 2.00 bits per heavy atom. The van der Waals surface area contributed by atoms with Crippen LogP contribution in [0.3, 0.4) is 0 Å². The van der Waals surface area contributed by atoms with Gasteiger partial charge in [-0.25, -0.2) is 0 Å². The van der Waals surface area contributed by atoms with Crippen molar-refractivity contribution in [1.82, 2.24) is 0 Å². The Morgan fingerprint density at radius 1 is 1.26 bits per heavy atom. The summed E-state index contributed by atoms with van der Waals surface area (Å²) in [7, 11) is 1.51. The highest BCUT2D eigenvalue weighted by atomic mass is 127. The minimum atomic E-state index is -0.559. The summed E-state index contributed by atoms with van der Waals surface area (Å²) in [6, 6.07) is 13.5. The predicted molar refractivity (Wildman–Crippen MR) is 117 cm³/mol. The molecule has 27 heavy (non-hydrogen) atoms. The zero-order valence-corrected chi connectivity index (χ0v) is 17.6. The highest BCUT2D eigenvalue weighted by Gasteiger charge is 2.12. The number of nitrogens with zero attached hydrogens (tertiary/aromatic N) is 2. The Bertz CT molecular complexity index is 844. The van der Waals surface area contributed by atoms with Crippen molar-refractivity contribution in [3.63, 3.8) is 0 Å². The summed E-state index contributed by atoms with van der Waals surface area (Å²) in [6.45, 7) is -0.223. The number of primary amides is 1. The molecule has 4 N–H and O–H groups in total. The summed E-state index contributed by atoms with van der Waals surface area (Å²) in [4.78, 5) is 10.9. The average Bonchev–Trinajstić information content (AvgIpc) is 2.65. The number of hydrogen-bond acceptors (Lipinski definition) is 6. The van der Waals surface area contributed by atoms with Crippen LogP contribution in [-0.4, -0.2) is 31.0 Å². The van der Waals surface area contributed by atoms with E-state index in [1.165, 1.54) is 18.9 Å². The van der Waals surface area contributed by atoms with E-state index in [0.717, 1.165) is 20.4 Å². The highest BCUT2D eigenvalue weighted by Crippen LogP contribution is 2.33. The van der Waals surface area contributed by atoms with E-state index >= 15 is 0 Å². The normalized spacial score (nSPS) is 11.6. The van der Waals surface area contributed by atoms with Crippen molar-refractivity contribution < 1.29 is 14.3 Å². The van der Waals surface area contributed by atoms with Gasteiger partial charge in [0, 0.05) is 5.75 Å². The molecule has 142 valence electrons. The Hall–Kier alpha value is -2.27. The number of halogens is 1. The van der Waals surface area contributed by atoms with Gasteiger partial charge in [0.25, 0.3) is 5.91 Å². The monoisotopic (exact) mass is 498 g/mol. The molecule has 7 nitrogen and oxygen atoms in total. The number of nitrogens with two attached hydrogens (primary N) is 2. The maximum atomic E-state index is 10.9. The first-order chi connectivity index (χ1) is 13.0. The smallest absolute Gasteiger partial charge is 0.255 e. The van der Waals surface area contributed by atoms with Crippen molar-refractivity contribution in [2.75, 3.05) is 13.7 Å². The van der Waals surface area contributed by atoms with E-state index in [0.29, 0.717) is 16.7 Å². The number of methoxy groups -OCH3 is 1. The summed E-state index contributed by atoms with van der Waals surface area (Å²) in [5, 5.41) is 8.38. The maximum Gasteiger partial charge on any atom is 0.255 e. The summed E-state index contributed by atoms with van der Waals surface area (Å²) in [6.07, 6.45) is 1.57. The van der Waals surface area contributed by atoms with Gasteiger partial charge in [0.2, 0.25) is 0 Å². The molecule has 0 aliphatic rings. The molecule has 1 amide bonds. The summed E-state index contributed by atoms with van der Waals surface area (Å²) in [5.41, 5.74) is 12.9. The molecule has 9 heteroatoms. The number of rotatable bonds is 8. The Balaban J connectivity index is 2.02. The molecule has 0 radical (unpaired) electrons. The standard InChI is InChI=1S/C18H19IN4O3S/c1-25-15-8-13(7-14(19)17(15)26-10-16(20)24)9-22-23-18(21)27-11-12-5-3-2-4-6-12/h2-9H,10-11H2,1H3,(H2,20,24)(H2,21,23). The van der Waals surface area contributed by atoms with Crippen LogP contribution < -0.4 is 20.9 Å². The zero-order valence-electron chi connectivity index (χ0n) is 14.6. The molecule has 0 saturated carbocycles. The molecule has 2 aromatic carbocycles. The lowest BCUT2D eigenvalue weighted by molar-refractivity contribution is -0.119. The van der Waals surface area contributed by atoms with Gasteiger partial charge in [0.1, 0.15) is 0 Å². The molecule has 0 saturated heterocycles. The number of ether oxygens (including phenoxy) is 2. The molecular weight excluding hydrogens is 479 g/mol. The number of carbonyl (C=O) groups is 1. The van der Waals surface area contributed by atoms with Gasteiger partial charge in [-0.15, -0.1) is 5.10 Å². The third kappa shape index (κ3) is 7.10.